The van der Waals surface area contributed by atoms with Crippen LogP contribution in [0.4, 0.5) is 5.69 Å². The third-order valence-corrected chi connectivity index (χ3v) is 4.81. The van der Waals surface area contributed by atoms with E-state index in [0.29, 0.717) is 17.7 Å². The summed E-state index contributed by atoms with van der Waals surface area (Å²) in [6.45, 7) is 3.43. The summed E-state index contributed by atoms with van der Waals surface area (Å²) in [6, 6.07) is 7.37. The van der Waals surface area contributed by atoms with Crippen molar-refractivity contribution in [3.05, 3.63) is 52.8 Å². The summed E-state index contributed by atoms with van der Waals surface area (Å²) in [5.41, 5.74) is 1.41. The number of nitrogens with zero attached hydrogens (tertiary/aromatic N) is 2. The Hall–Kier alpha value is -2.92. The van der Waals surface area contributed by atoms with E-state index in [4.69, 9.17) is 10.4 Å². The van der Waals surface area contributed by atoms with Crippen LogP contribution < -0.4 is 4.72 Å². The number of carboxylic acids is 1. The molecule has 1 aromatic carbocycles. The van der Waals surface area contributed by atoms with Crippen molar-refractivity contribution < 1.29 is 18.3 Å². The van der Waals surface area contributed by atoms with Crippen molar-refractivity contribution in [1.82, 2.24) is 4.98 Å². The number of aromatic carboxylic acids is 1. The maximum absolute atomic E-state index is 12.5. The standard InChI is InChI=1S/C16H15N3O4S/c1-3-11-4-5-12(16(20)21)7-15(11)19-24(22,23)14-6-13(8-17)10(2)18-9-14/h4-7,9,19H,3H2,1-2H3,(H,20,21). The van der Waals surface area contributed by atoms with Gasteiger partial charge < -0.3 is 5.11 Å². The van der Waals surface area contributed by atoms with Gasteiger partial charge in [0, 0.05) is 6.20 Å². The first kappa shape index (κ1) is 17.4. The molecule has 0 radical (unpaired) electrons. The second-order valence-corrected chi connectivity index (χ2v) is 6.73. The SMILES string of the molecule is CCc1ccc(C(=O)O)cc1NS(=O)(=O)c1cnc(C)c(C#N)c1. The molecule has 0 bridgehead atoms. The monoisotopic (exact) mass is 345 g/mol. The Bertz CT molecular complexity index is 946. The fourth-order valence-electron chi connectivity index (χ4n) is 2.09. The quantitative estimate of drug-likeness (QED) is 0.858. The number of aryl methyl sites for hydroxylation is 2. The Kier molecular flexibility index (Phi) is 4.85. The Morgan fingerprint density at radius 2 is 2.08 bits per heavy atom. The molecule has 0 aliphatic rings. The number of anilines is 1. The number of hydrogen-bond donors (Lipinski definition) is 2. The molecule has 1 aromatic heterocycles. The van der Waals surface area contributed by atoms with Crippen molar-refractivity contribution in [3.8, 4) is 6.07 Å². The second-order valence-electron chi connectivity index (χ2n) is 5.05. The molecule has 2 N–H and O–H groups in total. The number of rotatable bonds is 5. The summed E-state index contributed by atoms with van der Waals surface area (Å²) >= 11 is 0. The molecule has 0 amide bonds. The van der Waals surface area contributed by atoms with Gasteiger partial charge in [0.05, 0.1) is 22.5 Å². The van der Waals surface area contributed by atoms with Gasteiger partial charge in [-0.2, -0.15) is 5.26 Å². The lowest BCUT2D eigenvalue weighted by molar-refractivity contribution is 0.0697. The Labute approximate surface area is 139 Å². The van der Waals surface area contributed by atoms with E-state index in [9.17, 15) is 13.2 Å². The number of aromatic nitrogens is 1. The highest BCUT2D eigenvalue weighted by atomic mass is 32.2. The van der Waals surface area contributed by atoms with Gasteiger partial charge in [-0.3, -0.25) is 9.71 Å². The molecule has 1 heterocycles. The molecular weight excluding hydrogens is 330 g/mol. The zero-order valence-electron chi connectivity index (χ0n) is 13.1. The number of nitriles is 1. The number of carboxylic acid groups (broad SMARTS) is 1. The largest absolute Gasteiger partial charge is 0.478 e. The molecule has 124 valence electrons. The van der Waals surface area contributed by atoms with Gasteiger partial charge in [-0.05, 0) is 37.1 Å². The molecule has 0 fully saturated rings. The maximum atomic E-state index is 12.5. The van der Waals surface area contributed by atoms with Crippen molar-refractivity contribution in [2.45, 2.75) is 25.2 Å². The highest BCUT2D eigenvalue weighted by molar-refractivity contribution is 7.92. The molecule has 7 nitrogen and oxygen atoms in total. The predicted octanol–water partition coefficient (Wildman–Crippen LogP) is 2.32. The van der Waals surface area contributed by atoms with Crippen LogP contribution in [-0.2, 0) is 16.4 Å². The van der Waals surface area contributed by atoms with E-state index in [0.717, 1.165) is 6.20 Å². The minimum absolute atomic E-state index is 0.0235. The first-order valence-electron chi connectivity index (χ1n) is 7.04. The van der Waals surface area contributed by atoms with Gasteiger partial charge in [0.2, 0.25) is 0 Å². The summed E-state index contributed by atoms with van der Waals surface area (Å²) in [5, 5.41) is 18.1. The van der Waals surface area contributed by atoms with Crippen molar-refractivity contribution in [1.29, 1.82) is 5.26 Å². The normalized spacial score (nSPS) is 10.9. The molecule has 0 unspecified atom stereocenters. The summed E-state index contributed by atoms with van der Waals surface area (Å²) in [7, 11) is -3.99. The van der Waals surface area contributed by atoms with Crippen LogP contribution in [0.15, 0.2) is 35.4 Å². The molecule has 0 saturated heterocycles. The van der Waals surface area contributed by atoms with Gasteiger partial charge >= 0.3 is 5.97 Å². The lowest BCUT2D eigenvalue weighted by atomic mass is 10.1. The fraction of sp³-hybridized carbons (Fsp3) is 0.188. The highest BCUT2D eigenvalue weighted by Crippen LogP contribution is 2.23. The van der Waals surface area contributed by atoms with E-state index in [1.807, 2.05) is 13.0 Å². The zero-order chi connectivity index (χ0) is 17.9. The van der Waals surface area contributed by atoms with Gasteiger partial charge in [-0.15, -0.1) is 0 Å². The van der Waals surface area contributed by atoms with Crippen LogP contribution >= 0.6 is 0 Å². The summed E-state index contributed by atoms with van der Waals surface area (Å²) < 4.78 is 27.4. The van der Waals surface area contributed by atoms with Crippen LogP contribution in [0.1, 0.15) is 34.1 Å². The van der Waals surface area contributed by atoms with E-state index in [2.05, 4.69) is 9.71 Å². The lowest BCUT2D eigenvalue weighted by Gasteiger charge is -2.13. The van der Waals surface area contributed by atoms with Crippen molar-refractivity contribution >= 4 is 21.7 Å². The van der Waals surface area contributed by atoms with E-state index in [1.54, 1.807) is 13.0 Å². The minimum atomic E-state index is -3.99. The van der Waals surface area contributed by atoms with E-state index < -0.39 is 16.0 Å². The molecule has 0 spiro atoms. The second kappa shape index (κ2) is 6.68. The number of nitrogens with one attached hydrogen (secondary N) is 1. The van der Waals surface area contributed by atoms with Crippen LogP contribution in [-0.4, -0.2) is 24.5 Å². The average molecular weight is 345 g/mol. The third-order valence-electron chi connectivity index (χ3n) is 3.47. The number of benzene rings is 1. The molecule has 0 aliphatic heterocycles. The van der Waals surface area contributed by atoms with Gasteiger partial charge in [0.25, 0.3) is 10.0 Å². The first-order chi connectivity index (χ1) is 11.3. The highest BCUT2D eigenvalue weighted by Gasteiger charge is 2.19. The summed E-state index contributed by atoms with van der Waals surface area (Å²) in [6.07, 6.45) is 1.68. The minimum Gasteiger partial charge on any atom is -0.478 e. The molecule has 8 heteroatoms. The van der Waals surface area contributed by atoms with E-state index in [1.165, 1.54) is 18.2 Å². The number of pyridine rings is 1. The molecule has 2 aromatic rings. The smallest absolute Gasteiger partial charge is 0.335 e. The van der Waals surface area contributed by atoms with Crippen LogP contribution in [0.5, 0.6) is 0 Å². The topological polar surface area (TPSA) is 120 Å². The number of sulfonamides is 1. The maximum Gasteiger partial charge on any atom is 0.335 e. The zero-order valence-corrected chi connectivity index (χ0v) is 13.9. The fourth-order valence-corrected chi connectivity index (χ4v) is 3.15. The Morgan fingerprint density at radius 1 is 1.38 bits per heavy atom. The van der Waals surface area contributed by atoms with E-state index >= 15 is 0 Å². The number of hydrogen-bond acceptors (Lipinski definition) is 5. The van der Waals surface area contributed by atoms with Crippen LogP contribution in [0.25, 0.3) is 0 Å². The average Bonchev–Trinajstić information content (AvgIpc) is 2.54. The molecular formula is C16H15N3O4S. The summed E-state index contributed by atoms with van der Waals surface area (Å²) in [5.74, 6) is -1.15. The Morgan fingerprint density at radius 3 is 2.67 bits per heavy atom. The van der Waals surface area contributed by atoms with Crippen LogP contribution in [0, 0.1) is 18.3 Å². The molecule has 0 atom stereocenters. The van der Waals surface area contributed by atoms with Gasteiger partial charge in [-0.25, -0.2) is 13.2 Å². The molecule has 24 heavy (non-hydrogen) atoms. The predicted molar refractivity (Wildman–Crippen MR) is 87.3 cm³/mol. The van der Waals surface area contributed by atoms with E-state index in [-0.39, 0.29) is 21.7 Å². The molecule has 0 aliphatic carbocycles. The van der Waals surface area contributed by atoms with Crippen molar-refractivity contribution in [2.75, 3.05) is 4.72 Å². The summed E-state index contributed by atoms with van der Waals surface area (Å²) in [4.78, 5) is 14.8. The molecule has 2 rings (SSSR count). The number of carbonyl (C=O) groups is 1. The molecule has 0 saturated carbocycles. The Balaban J connectivity index is 2.48. The lowest BCUT2D eigenvalue weighted by Crippen LogP contribution is -2.15. The van der Waals surface area contributed by atoms with Crippen LogP contribution in [0.3, 0.4) is 0 Å². The van der Waals surface area contributed by atoms with Gasteiger partial charge in [-0.1, -0.05) is 13.0 Å². The third kappa shape index (κ3) is 3.52. The van der Waals surface area contributed by atoms with Gasteiger partial charge in [0.1, 0.15) is 11.0 Å². The van der Waals surface area contributed by atoms with Crippen LogP contribution in [0.2, 0.25) is 0 Å². The van der Waals surface area contributed by atoms with Crippen molar-refractivity contribution in [3.63, 3.8) is 0 Å². The van der Waals surface area contributed by atoms with Crippen molar-refractivity contribution in [2.24, 2.45) is 0 Å². The first-order valence-corrected chi connectivity index (χ1v) is 8.52. The van der Waals surface area contributed by atoms with Gasteiger partial charge in [0.15, 0.2) is 0 Å².